The van der Waals surface area contributed by atoms with E-state index in [1.54, 1.807) is 12.1 Å². The van der Waals surface area contributed by atoms with Gasteiger partial charge in [-0.1, -0.05) is 12.1 Å². The lowest BCUT2D eigenvalue weighted by Crippen LogP contribution is -2.11. The van der Waals surface area contributed by atoms with E-state index in [0.29, 0.717) is 11.3 Å². The van der Waals surface area contributed by atoms with Crippen molar-refractivity contribution < 1.29 is 8.42 Å². The number of H-pyrrole nitrogens is 1. The molecule has 0 saturated carbocycles. The van der Waals surface area contributed by atoms with Gasteiger partial charge < -0.3 is 0 Å². The molecule has 1 aromatic heterocycles. The molecule has 0 aliphatic carbocycles. The SMILES string of the molecule is CS(=O)(=O)c1ccc(-c2cnc(=O)[nH]n2)cc1. The van der Waals surface area contributed by atoms with E-state index in [1.807, 2.05) is 0 Å². The van der Waals surface area contributed by atoms with Gasteiger partial charge in [0, 0.05) is 11.8 Å². The van der Waals surface area contributed by atoms with Gasteiger partial charge in [0.15, 0.2) is 9.84 Å². The van der Waals surface area contributed by atoms with Gasteiger partial charge in [-0.3, -0.25) is 0 Å². The highest BCUT2D eigenvalue weighted by molar-refractivity contribution is 7.90. The van der Waals surface area contributed by atoms with Crippen LogP contribution in [0.3, 0.4) is 0 Å². The lowest BCUT2D eigenvalue weighted by molar-refractivity contribution is 0.602. The molecule has 0 unspecified atom stereocenters. The van der Waals surface area contributed by atoms with Gasteiger partial charge in [-0.15, -0.1) is 0 Å². The normalized spacial score (nSPS) is 11.4. The predicted octanol–water partition coefficient (Wildman–Crippen LogP) is 0.235. The van der Waals surface area contributed by atoms with E-state index in [2.05, 4.69) is 15.2 Å². The molecule has 1 heterocycles. The lowest BCUT2D eigenvalue weighted by atomic mass is 10.2. The average Bonchev–Trinajstić information content (AvgIpc) is 2.29. The van der Waals surface area contributed by atoms with Gasteiger partial charge in [-0.2, -0.15) is 10.1 Å². The van der Waals surface area contributed by atoms with E-state index in [1.165, 1.54) is 18.3 Å². The van der Waals surface area contributed by atoms with Crippen LogP contribution in [0.1, 0.15) is 0 Å². The van der Waals surface area contributed by atoms with Gasteiger partial charge >= 0.3 is 5.69 Å². The van der Waals surface area contributed by atoms with Crippen molar-refractivity contribution in [3.8, 4) is 11.3 Å². The molecular weight excluding hydrogens is 242 g/mol. The molecular formula is C10H9N3O3S. The van der Waals surface area contributed by atoms with Crippen LogP contribution in [0, 0.1) is 0 Å². The summed E-state index contributed by atoms with van der Waals surface area (Å²) in [5.41, 5.74) is 0.632. The number of hydrogen-bond acceptors (Lipinski definition) is 5. The number of sulfone groups is 1. The minimum Gasteiger partial charge on any atom is -0.244 e. The first-order valence-corrected chi connectivity index (χ1v) is 6.58. The molecule has 0 spiro atoms. The third-order valence-electron chi connectivity index (χ3n) is 2.15. The van der Waals surface area contributed by atoms with E-state index in [0.717, 1.165) is 6.26 Å². The van der Waals surface area contributed by atoms with Crippen molar-refractivity contribution in [1.82, 2.24) is 15.2 Å². The molecule has 0 aliphatic rings. The van der Waals surface area contributed by atoms with Crippen LogP contribution in [0.4, 0.5) is 0 Å². The van der Waals surface area contributed by atoms with Gasteiger partial charge in [0.25, 0.3) is 0 Å². The molecule has 7 heteroatoms. The fraction of sp³-hybridized carbons (Fsp3) is 0.100. The third kappa shape index (κ3) is 2.56. The van der Waals surface area contributed by atoms with E-state index in [4.69, 9.17) is 0 Å². The molecule has 6 nitrogen and oxygen atoms in total. The first-order chi connectivity index (χ1) is 7.97. The summed E-state index contributed by atoms with van der Waals surface area (Å²) in [6, 6.07) is 6.19. The summed E-state index contributed by atoms with van der Waals surface area (Å²) in [6.07, 6.45) is 2.47. The second-order valence-electron chi connectivity index (χ2n) is 3.47. The predicted molar refractivity (Wildman–Crippen MR) is 61.2 cm³/mol. The van der Waals surface area contributed by atoms with Gasteiger partial charge in [0.05, 0.1) is 11.1 Å². The fourth-order valence-corrected chi connectivity index (χ4v) is 1.93. The Labute approximate surface area is 97.3 Å². The molecule has 0 fully saturated rings. The summed E-state index contributed by atoms with van der Waals surface area (Å²) in [7, 11) is -3.20. The number of aromatic nitrogens is 3. The molecule has 2 aromatic rings. The van der Waals surface area contributed by atoms with Gasteiger partial charge in [-0.05, 0) is 12.1 Å². The molecule has 1 N–H and O–H groups in total. The first-order valence-electron chi connectivity index (χ1n) is 4.69. The Bertz CT molecular complexity index is 669. The molecule has 0 radical (unpaired) electrons. The van der Waals surface area contributed by atoms with Gasteiger partial charge in [0.2, 0.25) is 0 Å². The van der Waals surface area contributed by atoms with Crippen molar-refractivity contribution in [3.05, 3.63) is 40.9 Å². The zero-order chi connectivity index (χ0) is 12.5. The maximum Gasteiger partial charge on any atom is 0.361 e. The Kier molecular flexibility index (Phi) is 2.76. The molecule has 0 saturated heterocycles. The van der Waals surface area contributed by atoms with Crippen molar-refractivity contribution in [2.45, 2.75) is 4.90 Å². The van der Waals surface area contributed by atoms with Crippen LogP contribution in [-0.2, 0) is 9.84 Å². The van der Waals surface area contributed by atoms with Crippen LogP contribution in [0.2, 0.25) is 0 Å². The second kappa shape index (κ2) is 4.10. The number of nitrogens with one attached hydrogen (secondary N) is 1. The van der Waals surface area contributed by atoms with E-state index < -0.39 is 15.5 Å². The van der Waals surface area contributed by atoms with Gasteiger partial charge in [-0.25, -0.2) is 18.3 Å². The number of rotatable bonds is 2. The summed E-state index contributed by atoms with van der Waals surface area (Å²) in [4.78, 5) is 14.5. The van der Waals surface area contributed by atoms with Crippen LogP contribution in [0.5, 0.6) is 0 Å². The molecule has 2 rings (SSSR count). The fourth-order valence-electron chi connectivity index (χ4n) is 1.30. The Morgan fingerprint density at radius 2 is 1.82 bits per heavy atom. The van der Waals surface area contributed by atoms with E-state index in [-0.39, 0.29) is 4.90 Å². The quantitative estimate of drug-likeness (QED) is 0.825. The summed E-state index contributed by atoms with van der Waals surface area (Å²) in [6.45, 7) is 0. The monoisotopic (exact) mass is 251 g/mol. The average molecular weight is 251 g/mol. The van der Waals surface area contributed by atoms with E-state index in [9.17, 15) is 13.2 Å². The van der Waals surface area contributed by atoms with Crippen molar-refractivity contribution >= 4 is 9.84 Å². The standard InChI is InChI=1S/C10H9N3O3S/c1-17(15,16)8-4-2-7(3-5-8)9-6-11-10(14)13-12-9/h2-6H,1H3,(H,11,13,14). The molecule has 0 aliphatic heterocycles. The highest BCUT2D eigenvalue weighted by Gasteiger charge is 2.07. The Hall–Kier alpha value is -2.02. The zero-order valence-corrected chi connectivity index (χ0v) is 9.73. The summed E-state index contributed by atoms with van der Waals surface area (Å²) in [5, 5.41) is 6.00. The Morgan fingerprint density at radius 3 is 2.29 bits per heavy atom. The third-order valence-corrected chi connectivity index (χ3v) is 3.28. The highest BCUT2D eigenvalue weighted by Crippen LogP contribution is 2.17. The number of aromatic amines is 1. The van der Waals surface area contributed by atoms with Crippen LogP contribution >= 0.6 is 0 Å². The molecule has 17 heavy (non-hydrogen) atoms. The van der Waals surface area contributed by atoms with Crippen LogP contribution in [-0.4, -0.2) is 29.9 Å². The van der Waals surface area contributed by atoms with Crippen molar-refractivity contribution in [2.24, 2.45) is 0 Å². The summed E-state index contributed by atoms with van der Waals surface area (Å²) < 4.78 is 22.5. The summed E-state index contributed by atoms with van der Waals surface area (Å²) >= 11 is 0. The number of hydrogen-bond donors (Lipinski definition) is 1. The minimum atomic E-state index is -3.20. The summed E-state index contributed by atoms with van der Waals surface area (Å²) in [5.74, 6) is 0. The zero-order valence-electron chi connectivity index (χ0n) is 8.91. The number of nitrogens with zero attached hydrogens (tertiary/aromatic N) is 2. The van der Waals surface area contributed by atoms with Crippen molar-refractivity contribution in [2.75, 3.05) is 6.26 Å². The second-order valence-corrected chi connectivity index (χ2v) is 5.48. The minimum absolute atomic E-state index is 0.235. The molecule has 88 valence electrons. The first kappa shape index (κ1) is 11.5. The molecule has 0 bridgehead atoms. The van der Waals surface area contributed by atoms with Crippen LogP contribution in [0.25, 0.3) is 11.3 Å². The van der Waals surface area contributed by atoms with Crippen LogP contribution in [0.15, 0.2) is 40.2 Å². The Balaban J connectivity index is 2.42. The van der Waals surface area contributed by atoms with Crippen molar-refractivity contribution in [3.63, 3.8) is 0 Å². The Morgan fingerprint density at radius 1 is 1.18 bits per heavy atom. The van der Waals surface area contributed by atoms with Crippen LogP contribution < -0.4 is 5.69 Å². The molecule has 0 atom stereocenters. The van der Waals surface area contributed by atoms with E-state index >= 15 is 0 Å². The molecule has 1 aromatic carbocycles. The smallest absolute Gasteiger partial charge is 0.244 e. The molecule has 0 amide bonds. The lowest BCUT2D eigenvalue weighted by Gasteiger charge is -2.01. The van der Waals surface area contributed by atoms with Gasteiger partial charge in [0.1, 0.15) is 5.69 Å². The van der Waals surface area contributed by atoms with Crippen molar-refractivity contribution in [1.29, 1.82) is 0 Å². The maximum absolute atomic E-state index is 11.2. The largest absolute Gasteiger partial charge is 0.361 e. The number of benzene rings is 1. The highest BCUT2D eigenvalue weighted by atomic mass is 32.2. The maximum atomic E-state index is 11.2. The topological polar surface area (TPSA) is 92.8 Å².